The number of hydrogen-bond acceptors (Lipinski definition) is 5. The number of methoxy groups -OCH3 is 1. The number of benzene rings is 1. The van der Waals surface area contributed by atoms with E-state index >= 15 is 0 Å². The zero-order valence-corrected chi connectivity index (χ0v) is 13.5. The summed E-state index contributed by atoms with van der Waals surface area (Å²) in [6.07, 6.45) is 1.68. The van der Waals surface area contributed by atoms with Crippen molar-refractivity contribution in [1.29, 1.82) is 10.5 Å². The van der Waals surface area contributed by atoms with E-state index in [1.54, 1.807) is 6.92 Å². The SMILES string of the molecule is COc1cc(C#N)ccc1S(=O)(=O)N(C)[C@@](C)(C#N)C1CC1. The van der Waals surface area contributed by atoms with Crippen molar-refractivity contribution in [1.82, 2.24) is 4.31 Å². The molecule has 0 unspecified atom stereocenters. The number of nitriles is 2. The molecule has 0 radical (unpaired) electrons. The summed E-state index contributed by atoms with van der Waals surface area (Å²) < 4.78 is 31.9. The second-order valence-electron chi connectivity index (χ2n) is 5.48. The van der Waals surface area contributed by atoms with Crippen LogP contribution in [0.3, 0.4) is 0 Å². The lowest BCUT2D eigenvalue weighted by Gasteiger charge is -2.32. The highest BCUT2D eigenvalue weighted by Gasteiger charge is 2.49. The molecule has 0 aliphatic heterocycles. The van der Waals surface area contributed by atoms with Crippen LogP contribution in [-0.2, 0) is 10.0 Å². The predicted octanol–water partition coefficient (Wildman–Crippen LogP) is 1.88. The normalized spacial score (nSPS) is 17.4. The van der Waals surface area contributed by atoms with Crippen molar-refractivity contribution >= 4 is 10.0 Å². The van der Waals surface area contributed by atoms with Crippen LogP contribution >= 0.6 is 0 Å². The van der Waals surface area contributed by atoms with Crippen molar-refractivity contribution in [2.75, 3.05) is 14.2 Å². The molecule has 116 valence electrons. The summed E-state index contributed by atoms with van der Waals surface area (Å²) in [6.45, 7) is 1.64. The Bertz CT molecular complexity index is 772. The van der Waals surface area contributed by atoms with Crippen LogP contribution in [0.25, 0.3) is 0 Å². The summed E-state index contributed by atoms with van der Waals surface area (Å²) in [4.78, 5) is -0.0429. The van der Waals surface area contributed by atoms with Crippen molar-refractivity contribution in [3.05, 3.63) is 23.8 Å². The molecule has 0 heterocycles. The molecule has 0 spiro atoms. The molecular formula is C15H17N3O3S. The molecule has 22 heavy (non-hydrogen) atoms. The first kappa shape index (κ1) is 16.3. The summed E-state index contributed by atoms with van der Waals surface area (Å²) in [6, 6.07) is 8.21. The average molecular weight is 319 g/mol. The van der Waals surface area contributed by atoms with E-state index in [1.807, 2.05) is 6.07 Å². The first-order valence-corrected chi connectivity index (χ1v) is 8.23. The van der Waals surface area contributed by atoms with Crippen LogP contribution in [0, 0.1) is 28.6 Å². The number of rotatable bonds is 5. The van der Waals surface area contributed by atoms with E-state index in [0.29, 0.717) is 5.56 Å². The lowest BCUT2D eigenvalue weighted by molar-refractivity contribution is 0.275. The van der Waals surface area contributed by atoms with Crippen LogP contribution in [0.1, 0.15) is 25.3 Å². The minimum Gasteiger partial charge on any atom is -0.495 e. The van der Waals surface area contributed by atoms with Crippen molar-refractivity contribution in [3.63, 3.8) is 0 Å². The van der Waals surface area contributed by atoms with Gasteiger partial charge < -0.3 is 4.74 Å². The first-order valence-electron chi connectivity index (χ1n) is 6.79. The highest BCUT2D eigenvalue weighted by Crippen LogP contribution is 2.44. The number of ether oxygens (including phenoxy) is 1. The average Bonchev–Trinajstić information content (AvgIpc) is 3.37. The number of nitrogens with zero attached hydrogens (tertiary/aromatic N) is 3. The van der Waals surface area contributed by atoms with Crippen molar-refractivity contribution in [2.45, 2.75) is 30.2 Å². The summed E-state index contributed by atoms with van der Waals surface area (Å²) >= 11 is 0. The van der Waals surface area contributed by atoms with Crippen LogP contribution in [0.4, 0.5) is 0 Å². The molecular weight excluding hydrogens is 302 g/mol. The van der Waals surface area contributed by atoms with E-state index in [2.05, 4.69) is 6.07 Å². The van der Waals surface area contributed by atoms with E-state index in [4.69, 9.17) is 10.00 Å². The maximum atomic E-state index is 12.9. The van der Waals surface area contributed by atoms with Gasteiger partial charge in [-0.3, -0.25) is 0 Å². The zero-order valence-electron chi connectivity index (χ0n) is 12.7. The summed E-state index contributed by atoms with van der Waals surface area (Å²) in [5.41, 5.74) is -0.777. The highest BCUT2D eigenvalue weighted by molar-refractivity contribution is 7.89. The van der Waals surface area contributed by atoms with Crippen LogP contribution in [0.15, 0.2) is 23.1 Å². The molecule has 0 N–H and O–H groups in total. The first-order chi connectivity index (χ1) is 10.3. The Labute approximate surface area is 130 Å². The highest BCUT2D eigenvalue weighted by atomic mass is 32.2. The quantitative estimate of drug-likeness (QED) is 0.826. The number of hydrogen-bond donors (Lipinski definition) is 0. The number of sulfonamides is 1. The smallest absolute Gasteiger partial charge is 0.247 e. The Morgan fingerprint density at radius 3 is 2.45 bits per heavy atom. The fourth-order valence-electron chi connectivity index (χ4n) is 2.41. The lowest BCUT2D eigenvalue weighted by atomic mass is 9.99. The van der Waals surface area contributed by atoms with Gasteiger partial charge in [0.15, 0.2) is 0 Å². The van der Waals surface area contributed by atoms with Crippen molar-refractivity contribution in [3.8, 4) is 17.9 Å². The van der Waals surface area contributed by atoms with E-state index in [0.717, 1.165) is 17.1 Å². The van der Waals surface area contributed by atoms with Gasteiger partial charge in [0.2, 0.25) is 10.0 Å². The molecule has 7 heteroatoms. The molecule has 0 amide bonds. The van der Waals surface area contributed by atoms with Gasteiger partial charge in [0.1, 0.15) is 16.2 Å². The Hall–Kier alpha value is -2.09. The molecule has 1 atom stereocenters. The second-order valence-corrected chi connectivity index (χ2v) is 7.42. The molecule has 1 aromatic carbocycles. The molecule has 1 aliphatic carbocycles. The molecule has 2 rings (SSSR count). The van der Waals surface area contributed by atoms with Gasteiger partial charge >= 0.3 is 0 Å². The van der Waals surface area contributed by atoms with Crippen molar-refractivity contribution in [2.24, 2.45) is 5.92 Å². The van der Waals surface area contributed by atoms with Crippen molar-refractivity contribution < 1.29 is 13.2 Å². The van der Waals surface area contributed by atoms with Crippen LogP contribution < -0.4 is 4.74 Å². The molecule has 6 nitrogen and oxygen atoms in total. The second kappa shape index (κ2) is 5.60. The van der Waals surface area contributed by atoms with E-state index in [-0.39, 0.29) is 16.6 Å². The van der Waals surface area contributed by atoms with Gasteiger partial charge in [-0.05, 0) is 43.9 Å². The van der Waals surface area contributed by atoms with E-state index in [1.165, 1.54) is 32.4 Å². The fourth-order valence-corrected chi connectivity index (χ4v) is 4.03. The Kier molecular flexibility index (Phi) is 4.15. The Morgan fingerprint density at radius 1 is 1.36 bits per heavy atom. The van der Waals surface area contributed by atoms with Gasteiger partial charge in [0, 0.05) is 7.05 Å². The third kappa shape index (κ3) is 2.54. The molecule has 1 fully saturated rings. The topological polar surface area (TPSA) is 94.2 Å². The van der Waals surface area contributed by atoms with E-state index < -0.39 is 15.6 Å². The summed E-state index contributed by atoms with van der Waals surface area (Å²) in [7, 11) is -1.15. The maximum Gasteiger partial charge on any atom is 0.247 e. The molecule has 1 saturated carbocycles. The zero-order chi connectivity index (χ0) is 16.5. The molecule has 1 aromatic rings. The minimum atomic E-state index is -3.91. The lowest BCUT2D eigenvalue weighted by Crippen LogP contribution is -2.47. The minimum absolute atomic E-state index is 0.0429. The maximum absolute atomic E-state index is 12.9. The Balaban J connectivity index is 2.51. The van der Waals surface area contributed by atoms with Gasteiger partial charge in [-0.2, -0.15) is 14.8 Å². The van der Waals surface area contributed by atoms with Crippen LogP contribution in [-0.4, -0.2) is 32.4 Å². The monoisotopic (exact) mass is 319 g/mol. The summed E-state index contributed by atoms with van der Waals surface area (Å²) in [5, 5.41) is 18.4. The van der Waals surface area contributed by atoms with Crippen LogP contribution in [0.5, 0.6) is 5.75 Å². The third-order valence-corrected chi connectivity index (χ3v) is 6.18. The third-order valence-electron chi connectivity index (χ3n) is 4.18. The molecule has 1 aliphatic rings. The van der Waals surface area contributed by atoms with Gasteiger partial charge in [-0.15, -0.1) is 0 Å². The predicted molar refractivity (Wildman–Crippen MR) is 79.4 cm³/mol. The summed E-state index contributed by atoms with van der Waals surface area (Å²) in [5.74, 6) is 0.142. The molecule has 0 aromatic heterocycles. The van der Waals surface area contributed by atoms with E-state index in [9.17, 15) is 13.7 Å². The van der Waals surface area contributed by atoms with Gasteiger partial charge in [0.25, 0.3) is 0 Å². The van der Waals surface area contributed by atoms with Gasteiger partial charge in [-0.1, -0.05) is 0 Å². The standard InChI is InChI=1S/C15H17N3O3S/c1-15(10-17,12-5-6-12)18(2)22(19,20)14-7-4-11(9-16)8-13(14)21-3/h4,7-8,12H,5-6H2,1-3H3/t15-/m0/s1. The fraction of sp³-hybridized carbons (Fsp3) is 0.467. The largest absolute Gasteiger partial charge is 0.495 e. The molecule has 0 bridgehead atoms. The Morgan fingerprint density at radius 2 is 2.00 bits per heavy atom. The van der Waals surface area contributed by atoms with Gasteiger partial charge in [-0.25, -0.2) is 8.42 Å². The molecule has 0 saturated heterocycles. The van der Waals surface area contributed by atoms with Gasteiger partial charge in [0.05, 0.1) is 24.8 Å². The van der Waals surface area contributed by atoms with Crippen LogP contribution in [0.2, 0.25) is 0 Å².